The highest BCUT2D eigenvalue weighted by Gasteiger charge is 2.32. The zero-order valence-electron chi connectivity index (χ0n) is 30.1. The third-order valence-electron chi connectivity index (χ3n) is 9.72. The second kappa shape index (κ2) is 17.1. The van der Waals surface area contributed by atoms with Gasteiger partial charge in [-0.2, -0.15) is 0 Å². The Hall–Kier alpha value is -5.56. The van der Waals surface area contributed by atoms with Crippen LogP contribution in [0.15, 0.2) is 102 Å². The molecule has 0 bridgehead atoms. The van der Waals surface area contributed by atoms with Crippen molar-refractivity contribution in [3.63, 3.8) is 0 Å². The number of carbonyl (C=O) groups is 2. The highest BCUT2D eigenvalue weighted by Crippen LogP contribution is 2.33. The Morgan fingerprint density at radius 1 is 1.02 bits per heavy atom. The standard InChI is InChI=1S/C41H42BClN6O5/c1-26(44)49-37-15-14-34(54-2)23-35(37)40(30-10-12-33(43)13-11-30)47-36(41(49)45)24-38(50)46-25-28-6-3-7-31(21-28)29-17-19-48(20-18-29)39(51)16-9-27-5-4-8-32(22-27)42(52)53/h3-16,21-23,29,36,44-45,52-53H,17-20,24-25H2,1-2H3,(H,46,50)/b16-9+,44-26?,45-41?/t36-/m0/s1. The maximum atomic E-state index is 13.5. The lowest BCUT2D eigenvalue weighted by atomic mass is 9.79. The number of hydrogen-bond acceptors (Lipinski definition) is 8. The number of benzene rings is 4. The van der Waals surface area contributed by atoms with E-state index < -0.39 is 13.2 Å². The van der Waals surface area contributed by atoms with Crippen molar-refractivity contribution < 1.29 is 24.4 Å². The average Bonchev–Trinajstić information content (AvgIpc) is 3.30. The highest BCUT2D eigenvalue weighted by atomic mass is 35.5. The van der Waals surface area contributed by atoms with E-state index in [1.165, 1.54) is 11.0 Å². The molecule has 11 nitrogen and oxygen atoms in total. The Morgan fingerprint density at radius 2 is 1.76 bits per heavy atom. The molecule has 4 aromatic carbocycles. The van der Waals surface area contributed by atoms with E-state index in [0.29, 0.717) is 58.4 Å². The molecule has 2 aliphatic rings. The van der Waals surface area contributed by atoms with Gasteiger partial charge in [0.15, 0.2) is 0 Å². The van der Waals surface area contributed by atoms with E-state index in [9.17, 15) is 19.6 Å². The monoisotopic (exact) mass is 744 g/mol. The van der Waals surface area contributed by atoms with Crippen molar-refractivity contribution in [3.8, 4) is 5.75 Å². The Morgan fingerprint density at radius 3 is 2.46 bits per heavy atom. The van der Waals surface area contributed by atoms with Gasteiger partial charge in [-0.15, -0.1) is 0 Å². The van der Waals surface area contributed by atoms with Crippen molar-refractivity contribution in [2.45, 2.75) is 44.7 Å². The molecule has 13 heteroatoms. The summed E-state index contributed by atoms with van der Waals surface area (Å²) in [6.45, 7) is 3.12. The van der Waals surface area contributed by atoms with E-state index in [4.69, 9.17) is 32.1 Å². The minimum absolute atomic E-state index is 0.0195. The van der Waals surface area contributed by atoms with Gasteiger partial charge in [0.1, 0.15) is 23.5 Å². The average molecular weight is 745 g/mol. The molecule has 0 spiro atoms. The summed E-state index contributed by atoms with van der Waals surface area (Å²) in [6.07, 6.45) is 4.71. The topological polar surface area (TPSA) is 162 Å². The second-order valence-electron chi connectivity index (χ2n) is 13.4. The lowest BCUT2D eigenvalue weighted by molar-refractivity contribution is -0.127. The Bertz CT molecular complexity index is 2110. The summed E-state index contributed by atoms with van der Waals surface area (Å²) in [7, 11) is 0.00725. The molecule has 54 heavy (non-hydrogen) atoms. The van der Waals surface area contributed by atoms with Gasteiger partial charge in [-0.3, -0.25) is 30.3 Å². The van der Waals surface area contributed by atoms with Crippen LogP contribution >= 0.6 is 11.6 Å². The molecule has 5 N–H and O–H groups in total. The summed E-state index contributed by atoms with van der Waals surface area (Å²) < 4.78 is 5.51. The van der Waals surface area contributed by atoms with Crippen LogP contribution < -0.4 is 20.4 Å². The number of methoxy groups -OCH3 is 1. The van der Waals surface area contributed by atoms with Crippen molar-refractivity contribution in [1.29, 1.82) is 10.8 Å². The summed E-state index contributed by atoms with van der Waals surface area (Å²) in [6, 6.07) is 26.6. The van der Waals surface area contributed by atoms with Gasteiger partial charge in [-0.25, -0.2) is 0 Å². The van der Waals surface area contributed by atoms with Crippen LogP contribution in [-0.4, -0.2) is 77.5 Å². The molecule has 0 aliphatic carbocycles. The lowest BCUT2D eigenvalue weighted by Crippen LogP contribution is -2.42. The van der Waals surface area contributed by atoms with Crippen LogP contribution in [0.5, 0.6) is 5.75 Å². The predicted molar refractivity (Wildman–Crippen MR) is 214 cm³/mol. The number of amidine groups is 2. The number of piperidine rings is 1. The largest absolute Gasteiger partial charge is 0.497 e. The second-order valence-corrected chi connectivity index (χ2v) is 13.8. The van der Waals surface area contributed by atoms with Crippen LogP contribution in [0.4, 0.5) is 5.69 Å². The first kappa shape index (κ1) is 38.2. The van der Waals surface area contributed by atoms with Crippen LogP contribution in [-0.2, 0) is 16.1 Å². The fourth-order valence-electron chi connectivity index (χ4n) is 6.87. The molecular formula is C41H42BClN6O5. The molecule has 2 heterocycles. The summed E-state index contributed by atoms with van der Waals surface area (Å²) in [5.41, 5.74) is 5.76. The summed E-state index contributed by atoms with van der Waals surface area (Å²) in [5.74, 6) is 0.636. The molecule has 1 saturated heterocycles. The first-order valence-electron chi connectivity index (χ1n) is 17.7. The van der Waals surface area contributed by atoms with Gasteiger partial charge in [0.2, 0.25) is 11.8 Å². The third-order valence-corrected chi connectivity index (χ3v) is 9.97. The molecule has 276 valence electrons. The molecule has 0 unspecified atom stereocenters. The number of nitrogens with zero attached hydrogens (tertiary/aromatic N) is 3. The number of amides is 2. The fraction of sp³-hybridized carbons (Fsp3) is 0.244. The molecule has 0 aromatic heterocycles. The van der Waals surface area contributed by atoms with Gasteiger partial charge >= 0.3 is 7.12 Å². The smallest absolute Gasteiger partial charge is 0.488 e. The van der Waals surface area contributed by atoms with Gasteiger partial charge in [0.25, 0.3) is 0 Å². The number of likely N-dealkylation sites (tertiary alicyclic amines) is 1. The Labute approximate surface area is 320 Å². The van der Waals surface area contributed by atoms with E-state index in [0.717, 1.165) is 29.5 Å². The summed E-state index contributed by atoms with van der Waals surface area (Å²) in [4.78, 5) is 34.7. The zero-order valence-corrected chi connectivity index (χ0v) is 30.9. The van der Waals surface area contributed by atoms with Crippen molar-refractivity contribution in [2.24, 2.45) is 4.99 Å². The van der Waals surface area contributed by atoms with E-state index in [-0.39, 0.29) is 35.8 Å². The number of rotatable bonds is 10. The Balaban J connectivity index is 1.10. The molecule has 2 aliphatic heterocycles. The summed E-state index contributed by atoms with van der Waals surface area (Å²) in [5, 5.41) is 40.1. The zero-order chi connectivity index (χ0) is 38.4. The van der Waals surface area contributed by atoms with Crippen molar-refractivity contribution >= 4 is 65.1 Å². The molecule has 1 fully saturated rings. The van der Waals surface area contributed by atoms with E-state index in [1.807, 2.05) is 35.2 Å². The number of nitrogens with one attached hydrogen (secondary N) is 3. The first-order chi connectivity index (χ1) is 26.0. The molecule has 0 saturated carbocycles. The minimum Gasteiger partial charge on any atom is -0.497 e. The highest BCUT2D eigenvalue weighted by molar-refractivity contribution is 6.58. The van der Waals surface area contributed by atoms with Gasteiger partial charge in [-0.1, -0.05) is 72.3 Å². The number of anilines is 1. The van der Waals surface area contributed by atoms with Crippen LogP contribution in [0.2, 0.25) is 5.02 Å². The van der Waals surface area contributed by atoms with Gasteiger partial charge < -0.3 is 25.0 Å². The molecule has 2 amide bonds. The number of carbonyl (C=O) groups excluding carboxylic acids is 2. The normalized spacial score (nSPS) is 16.1. The Kier molecular flexibility index (Phi) is 12.1. The maximum Gasteiger partial charge on any atom is 0.488 e. The van der Waals surface area contributed by atoms with Crippen LogP contribution in [0.1, 0.15) is 59.9 Å². The van der Waals surface area contributed by atoms with E-state index in [2.05, 4.69) is 17.4 Å². The molecular weight excluding hydrogens is 703 g/mol. The number of ether oxygens (including phenoxy) is 1. The molecule has 0 radical (unpaired) electrons. The molecule has 4 aromatic rings. The van der Waals surface area contributed by atoms with E-state index in [1.54, 1.807) is 68.6 Å². The van der Waals surface area contributed by atoms with Crippen molar-refractivity contribution in [3.05, 3.63) is 130 Å². The van der Waals surface area contributed by atoms with Gasteiger partial charge in [-0.05, 0) is 84.2 Å². The predicted octanol–water partition coefficient (Wildman–Crippen LogP) is 5.15. The van der Waals surface area contributed by atoms with Crippen LogP contribution in [0.3, 0.4) is 0 Å². The lowest BCUT2D eigenvalue weighted by Gasteiger charge is -2.31. The number of fused-ring (bicyclic) bond motifs is 1. The van der Waals surface area contributed by atoms with Crippen LogP contribution in [0.25, 0.3) is 6.08 Å². The maximum absolute atomic E-state index is 13.5. The quantitative estimate of drug-likeness (QED) is 0.0653. The van der Waals surface area contributed by atoms with E-state index >= 15 is 0 Å². The fourth-order valence-corrected chi connectivity index (χ4v) is 6.99. The molecule has 6 rings (SSSR count). The van der Waals surface area contributed by atoms with Gasteiger partial charge in [0.05, 0.1) is 24.9 Å². The number of halogens is 1. The van der Waals surface area contributed by atoms with Crippen LogP contribution in [0, 0.1) is 10.8 Å². The third kappa shape index (κ3) is 8.96. The minimum atomic E-state index is -1.57. The first-order valence-corrected chi connectivity index (χ1v) is 18.1. The molecule has 1 atom stereocenters. The summed E-state index contributed by atoms with van der Waals surface area (Å²) >= 11 is 6.20. The number of aliphatic imine (C=N–C) groups is 1. The SMILES string of the molecule is COc1ccc2c(c1)C(c1ccc(Cl)cc1)=N[C@@H](CC(=O)NCc1cccc(C3CCN(C(=O)/C=C/c4cccc(B(O)O)c4)CC3)c1)C(=N)N2C(C)=N. The van der Waals surface area contributed by atoms with Gasteiger partial charge in [0, 0.05) is 41.9 Å². The van der Waals surface area contributed by atoms with Crippen molar-refractivity contribution in [2.75, 3.05) is 25.1 Å². The van der Waals surface area contributed by atoms with Crippen molar-refractivity contribution in [1.82, 2.24) is 10.2 Å². The number of hydrogen-bond donors (Lipinski definition) is 5. The number of benzodiazepines with no additional fused rings is 1.